The number of carbonyl (C=O) groups is 1. The van der Waals surface area contributed by atoms with Crippen molar-refractivity contribution in [3.63, 3.8) is 0 Å². The van der Waals surface area contributed by atoms with Gasteiger partial charge in [0.05, 0.1) is 12.7 Å². The molecule has 1 heterocycles. The zero-order chi connectivity index (χ0) is 16.9. The van der Waals surface area contributed by atoms with Gasteiger partial charge in [-0.05, 0) is 29.8 Å². The van der Waals surface area contributed by atoms with Crippen molar-refractivity contribution >= 4 is 28.5 Å². The lowest BCUT2D eigenvalue weighted by atomic mass is 10.2. The molecule has 5 nitrogen and oxygen atoms in total. The van der Waals surface area contributed by atoms with Crippen LogP contribution in [0.15, 0.2) is 58.2 Å². The molecule has 0 aliphatic rings. The van der Waals surface area contributed by atoms with Crippen molar-refractivity contribution < 1.29 is 13.9 Å². The molecule has 3 rings (SSSR count). The minimum absolute atomic E-state index is 0.0902. The molecule has 24 heavy (non-hydrogen) atoms. The van der Waals surface area contributed by atoms with E-state index >= 15 is 0 Å². The maximum atomic E-state index is 12.1. The van der Waals surface area contributed by atoms with E-state index in [9.17, 15) is 4.79 Å². The molecule has 0 aliphatic heterocycles. The zero-order valence-electron chi connectivity index (χ0n) is 12.7. The molecule has 0 radical (unpaired) electrons. The summed E-state index contributed by atoms with van der Waals surface area (Å²) in [7, 11) is 1.57. The first-order valence-corrected chi connectivity index (χ1v) is 8.27. The van der Waals surface area contributed by atoms with Crippen LogP contribution in [0.5, 0.6) is 5.75 Å². The number of benzene rings is 2. The van der Waals surface area contributed by atoms with Crippen LogP contribution in [0.4, 0.5) is 0 Å². The first-order valence-electron chi connectivity index (χ1n) is 7.08. The summed E-state index contributed by atoms with van der Waals surface area (Å²) in [5.74, 6) is 0.944. The highest BCUT2D eigenvalue weighted by Gasteiger charge is 2.16. The van der Waals surface area contributed by atoms with Crippen LogP contribution in [0, 0.1) is 0 Å². The molecule has 0 aliphatic carbocycles. The van der Waals surface area contributed by atoms with E-state index in [0.29, 0.717) is 22.2 Å². The van der Waals surface area contributed by atoms with Crippen molar-refractivity contribution in [2.75, 3.05) is 7.11 Å². The third-order valence-electron chi connectivity index (χ3n) is 3.21. The number of ether oxygens (including phenoxy) is 1. The maximum Gasteiger partial charge on any atom is 0.284 e. The lowest BCUT2D eigenvalue weighted by molar-refractivity contribution is -0.110. The second-order valence-corrected chi connectivity index (χ2v) is 6.30. The van der Waals surface area contributed by atoms with Gasteiger partial charge in [0.15, 0.2) is 0 Å². The molecule has 7 heteroatoms. The summed E-state index contributed by atoms with van der Waals surface area (Å²) in [6, 6.07) is 14.4. The van der Waals surface area contributed by atoms with Gasteiger partial charge < -0.3 is 9.15 Å². The predicted octanol–water partition coefficient (Wildman–Crippen LogP) is 4.26. The fourth-order valence-electron chi connectivity index (χ4n) is 2.08. The van der Waals surface area contributed by atoms with E-state index in [-0.39, 0.29) is 16.8 Å². The molecule has 0 bridgehead atoms. The van der Waals surface area contributed by atoms with Crippen molar-refractivity contribution in [2.24, 2.45) is 0 Å². The zero-order valence-corrected chi connectivity index (χ0v) is 14.3. The molecular weight excluding hydrogens is 348 g/mol. The van der Waals surface area contributed by atoms with Gasteiger partial charge in [0.2, 0.25) is 5.12 Å². The normalized spacial score (nSPS) is 10.6. The summed E-state index contributed by atoms with van der Waals surface area (Å²) >= 11 is 6.75. The van der Waals surface area contributed by atoms with E-state index in [0.717, 1.165) is 17.3 Å². The number of rotatable bonds is 5. The molecule has 0 amide bonds. The van der Waals surface area contributed by atoms with Crippen LogP contribution in [0.3, 0.4) is 0 Å². The first kappa shape index (κ1) is 16.5. The summed E-state index contributed by atoms with van der Waals surface area (Å²) in [6.07, 6.45) is 0.258. The van der Waals surface area contributed by atoms with Gasteiger partial charge in [-0.1, -0.05) is 35.9 Å². The van der Waals surface area contributed by atoms with Gasteiger partial charge in [-0.15, -0.1) is 10.2 Å². The Balaban J connectivity index is 1.69. The standard InChI is InChI=1S/C17H13ClN2O3S/c1-22-14-5-3-2-4-13(14)16-19-20-17(23-16)24-15(21)10-11-6-8-12(18)9-7-11/h2-9H,10H2,1H3. The van der Waals surface area contributed by atoms with E-state index in [1.165, 1.54) is 0 Å². The Kier molecular flexibility index (Phi) is 5.17. The average Bonchev–Trinajstić information content (AvgIpc) is 3.05. The second-order valence-electron chi connectivity index (χ2n) is 4.85. The number of halogens is 1. The topological polar surface area (TPSA) is 65.2 Å². The van der Waals surface area contributed by atoms with Crippen molar-refractivity contribution in [1.82, 2.24) is 10.2 Å². The maximum absolute atomic E-state index is 12.1. The number of nitrogens with zero attached hydrogens (tertiary/aromatic N) is 2. The molecule has 0 saturated carbocycles. The third-order valence-corrected chi connectivity index (χ3v) is 4.17. The number of aromatic nitrogens is 2. The Hall–Kier alpha value is -2.31. The number of hydrogen-bond donors (Lipinski definition) is 0. The summed E-state index contributed by atoms with van der Waals surface area (Å²) in [5.41, 5.74) is 1.56. The van der Waals surface area contributed by atoms with Crippen molar-refractivity contribution in [2.45, 2.75) is 11.6 Å². The van der Waals surface area contributed by atoms with E-state index in [4.69, 9.17) is 20.8 Å². The van der Waals surface area contributed by atoms with Crippen LogP contribution in [0.25, 0.3) is 11.5 Å². The van der Waals surface area contributed by atoms with Gasteiger partial charge in [-0.2, -0.15) is 0 Å². The van der Waals surface area contributed by atoms with Gasteiger partial charge >= 0.3 is 0 Å². The third kappa shape index (κ3) is 3.96. The molecule has 0 fully saturated rings. The fraction of sp³-hybridized carbons (Fsp3) is 0.118. The number of thioether (sulfide) groups is 1. The Morgan fingerprint density at radius 1 is 1.17 bits per heavy atom. The van der Waals surface area contributed by atoms with Crippen LogP contribution in [-0.2, 0) is 11.2 Å². The Labute approximate surface area is 148 Å². The molecule has 0 spiro atoms. The number of carbonyl (C=O) groups excluding carboxylic acids is 1. The summed E-state index contributed by atoms with van der Waals surface area (Å²) < 4.78 is 10.8. The van der Waals surface area contributed by atoms with E-state index in [1.54, 1.807) is 25.3 Å². The van der Waals surface area contributed by atoms with Crippen LogP contribution >= 0.6 is 23.4 Å². The summed E-state index contributed by atoms with van der Waals surface area (Å²) in [5, 5.41) is 8.64. The van der Waals surface area contributed by atoms with Gasteiger partial charge in [0.1, 0.15) is 5.75 Å². The average molecular weight is 361 g/mol. The monoisotopic (exact) mass is 360 g/mol. The molecule has 0 saturated heterocycles. The highest BCUT2D eigenvalue weighted by atomic mass is 35.5. The van der Waals surface area contributed by atoms with Crippen LogP contribution in [0.1, 0.15) is 5.56 Å². The van der Waals surface area contributed by atoms with Gasteiger partial charge in [0, 0.05) is 23.2 Å². The highest BCUT2D eigenvalue weighted by molar-refractivity contribution is 8.13. The Morgan fingerprint density at radius 3 is 2.67 bits per heavy atom. The SMILES string of the molecule is COc1ccccc1-c1nnc(SC(=O)Cc2ccc(Cl)cc2)o1. The predicted molar refractivity (Wildman–Crippen MR) is 92.3 cm³/mol. The molecule has 1 aromatic heterocycles. The molecule has 0 N–H and O–H groups in total. The van der Waals surface area contributed by atoms with E-state index < -0.39 is 0 Å². The lowest BCUT2D eigenvalue weighted by Gasteiger charge is -2.03. The minimum Gasteiger partial charge on any atom is -0.496 e. The summed E-state index contributed by atoms with van der Waals surface area (Å²) in [4.78, 5) is 12.1. The summed E-state index contributed by atoms with van der Waals surface area (Å²) in [6.45, 7) is 0. The van der Waals surface area contributed by atoms with Crippen molar-refractivity contribution in [3.05, 3.63) is 59.1 Å². The highest BCUT2D eigenvalue weighted by Crippen LogP contribution is 2.30. The van der Waals surface area contributed by atoms with Gasteiger partial charge in [-0.25, -0.2) is 0 Å². The molecule has 3 aromatic rings. The van der Waals surface area contributed by atoms with Crippen molar-refractivity contribution in [3.8, 4) is 17.2 Å². The van der Waals surface area contributed by atoms with E-state index in [1.807, 2.05) is 30.3 Å². The minimum atomic E-state index is -0.0902. The molecular formula is C17H13ClN2O3S. The van der Waals surface area contributed by atoms with Gasteiger partial charge in [-0.3, -0.25) is 4.79 Å². The quantitative estimate of drug-likeness (QED) is 0.633. The lowest BCUT2D eigenvalue weighted by Crippen LogP contribution is -1.97. The second kappa shape index (κ2) is 7.51. The molecule has 122 valence electrons. The van der Waals surface area contributed by atoms with Crippen molar-refractivity contribution in [1.29, 1.82) is 0 Å². The molecule has 0 unspecified atom stereocenters. The largest absolute Gasteiger partial charge is 0.496 e. The number of hydrogen-bond acceptors (Lipinski definition) is 6. The smallest absolute Gasteiger partial charge is 0.284 e. The fourth-order valence-corrected chi connectivity index (χ4v) is 2.85. The molecule has 0 atom stereocenters. The first-order chi connectivity index (χ1) is 11.7. The van der Waals surface area contributed by atoms with Gasteiger partial charge in [0.25, 0.3) is 11.1 Å². The Morgan fingerprint density at radius 2 is 1.92 bits per heavy atom. The molecule has 2 aromatic carbocycles. The van der Waals surface area contributed by atoms with Crippen LogP contribution in [-0.4, -0.2) is 22.4 Å². The number of methoxy groups -OCH3 is 1. The Bertz CT molecular complexity index is 849. The number of para-hydroxylation sites is 1. The van der Waals surface area contributed by atoms with Crippen LogP contribution in [0.2, 0.25) is 5.02 Å². The van der Waals surface area contributed by atoms with Crippen LogP contribution < -0.4 is 4.74 Å². The van der Waals surface area contributed by atoms with E-state index in [2.05, 4.69) is 10.2 Å².